The van der Waals surface area contributed by atoms with Crippen LogP contribution in [0.3, 0.4) is 0 Å². The second-order valence-electron chi connectivity index (χ2n) is 3.66. The van der Waals surface area contributed by atoms with Crippen LogP contribution in [0.5, 0.6) is 0 Å². The van der Waals surface area contributed by atoms with Crippen LogP contribution in [0, 0.1) is 5.92 Å². The van der Waals surface area contributed by atoms with Gasteiger partial charge in [0, 0.05) is 13.1 Å². The van der Waals surface area contributed by atoms with Crippen molar-refractivity contribution in [3.8, 4) is 0 Å². The third kappa shape index (κ3) is 2.04. The fourth-order valence-corrected chi connectivity index (χ4v) is 1.41. The Kier molecular flexibility index (Phi) is 2.67. The van der Waals surface area contributed by atoms with Crippen LogP contribution in [0.1, 0.15) is 25.7 Å². The molecule has 0 aliphatic heterocycles. The van der Waals surface area contributed by atoms with E-state index in [1.807, 2.05) is 0 Å². The number of anilines is 1. The molecule has 78 valence electrons. The molecule has 1 heterocycles. The molecule has 1 aliphatic rings. The van der Waals surface area contributed by atoms with Gasteiger partial charge in [-0.3, -0.25) is 0 Å². The number of aromatic nitrogens is 2. The first-order chi connectivity index (χ1) is 6.83. The molecule has 1 aromatic rings. The maximum Gasteiger partial charge on any atom is 0.318 e. The standard InChI is InChI=1S/C9H16N4O/c1-2-13(6-7-3-4-7)9-12-11-8(5-10)14-9/h7H,2-6,10H2,1H3. The Morgan fingerprint density at radius 2 is 2.29 bits per heavy atom. The summed E-state index contributed by atoms with van der Waals surface area (Å²) < 4.78 is 5.39. The van der Waals surface area contributed by atoms with Crippen LogP contribution in [0.25, 0.3) is 0 Å². The molecule has 2 N–H and O–H groups in total. The van der Waals surface area contributed by atoms with E-state index >= 15 is 0 Å². The quantitative estimate of drug-likeness (QED) is 0.753. The molecule has 0 radical (unpaired) electrons. The fraction of sp³-hybridized carbons (Fsp3) is 0.778. The lowest BCUT2D eigenvalue weighted by molar-refractivity contribution is 0.483. The molecule has 5 heteroatoms. The normalized spacial score (nSPS) is 15.9. The predicted octanol–water partition coefficient (Wildman–Crippen LogP) is 0.765. The molecular weight excluding hydrogens is 180 g/mol. The van der Waals surface area contributed by atoms with Gasteiger partial charge >= 0.3 is 6.01 Å². The van der Waals surface area contributed by atoms with E-state index in [0.717, 1.165) is 19.0 Å². The van der Waals surface area contributed by atoms with Crippen molar-refractivity contribution in [2.45, 2.75) is 26.3 Å². The Balaban J connectivity index is 2.01. The minimum Gasteiger partial charge on any atom is -0.407 e. The topological polar surface area (TPSA) is 68.2 Å². The highest BCUT2D eigenvalue weighted by molar-refractivity contribution is 5.24. The molecule has 14 heavy (non-hydrogen) atoms. The van der Waals surface area contributed by atoms with E-state index in [1.54, 1.807) is 0 Å². The van der Waals surface area contributed by atoms with Gasteiger partial charge < -0.3 is 15.1 Å². The zero-order valence-electron chi connectivity index (χ0n) is 8.44. The number of hydrogen-bond donors (Lipinski definition) is 1. The first-order valence-electron chi connectivity index (χ1n) is 5.11. The van der Waals surface area contributed by atoms with Crippen LogP contribution in [-0.2, 0) is 6.54 Å². The van der Waals surface area contributed by atoms with Crippen molar-refractivity contribution in [3.05, 3.63) is 5.89 Å². The van der Waals surface area contributed by atoms with E-state index in [9.17, 15) is 0 Å². The van der Waals surface area contributed by atoms with Crippen LogP contribution in [0.15, 0.2) is 4.42 Å². The van der Waals surface area contributed by atoms with Gasteiger partial charge in [-0.25, -0.2) is 0 Å². The highest BCUT2D eigenvalue weighted by atomic mass is 16.4. The lowest BCUT2D eigenvalue weighted by Gasteiger charge is -2.16. The number of nitrogens with two attached hydrogens (primary N) is 1. The average molecular weight is 196 g/mol. The third-order valence-corrected chi connectivity index (χ3v) is 2.46. The fourth-order valence-electron chi connectivity index (χ4n) is 1.41. The van der Waals surface area contributed by atoms with Crippen LogP contribution < -0.4 is 10.6 Å². The minimum absolute atomic E-state index is 0.313. The lowest BCUT2D eigenvalue weighted by atomic mass is 10.4. The second kappa shape index (κ2) is 3.96. The molecule has 5 nitrogen and oxygen atoms in total. The minimum atomic E-state index is 0.313. The van der Waals surface area contributed by atoms with Crippen molar-refractivity contribution in [2.24, 2.45) is 11.7 Å². The summed E-state index contributed by atoms with van der Waals surface area (Å²) in [5, 5.41) is 7.82. The summed E-state index contributed by atoms with van der Waals surface area (Å²) in [6.07, 6.45) is 2.66. The van der Waals surface area contributed by atoms with E-state index in [1.165, 1.54) is 12.8 Å². The van der Waals surface area contributed by atoms with Crippen molar-refractivity contribution in [1.82, 2.24) is 10.2 Å². The van der Waals surface area contributed by atoms with Crippen molar-refractivity contribution >= 4 is 6.01 Å². The second-order valence-corrected chi connectivity index (χ2v) is 3.66. The zero-order valence-corrected chi connectivity index (χ0v) is 8.44. The summed E-state index contributed by atoms with van der Waals surface area (Å²) in [6.45, 7) is 4.34. The largest absolute Gasteiger partial charge is 0.407 e. The monoisotopic (exact) mass is 196 g/mol. The van der Waals surface area contributed by atoms with Crippen LogP contribution in [0.2, 0.25) is 0 Å². The highest BCUT2D eigenvalue weighted by Gasteiger charge is 2.25. The average Bonchev–Trinajstić information content (AvgIpc) is 2.90. The SMILES string of the molecule is CCN(CC1CC1)c1nnc(CN)o1. The molecule has 2 rings (SSSR count). The first-order valence-corrected chi connectivity index (χ1v) is 5.11. The van der Waals surface area contributed by atoms with Gasteiger partial charge in [-0.1, -0.05) is 5.10 Å². The van der Waals surface area contributed by atoms with Crippen molar-refractivity contribution < 1.29 is 4.42 Å². The smallest absolute Gasteiger partial charge is 0.318 e. The number of nitrogens with zero attached hydrogens (tertiary/aromatic N) is 3. The Hall–Kier alpha value is -1.10. The molecule has 1 aliphatic carbocycles. The van der Waals surface area contributed by atoms with Gasteiger partial charge in [-0.15, -0.1) is 5.10 Å². The molecular formula is C9H16N4O. The van der Waals surface area contributed by atoms with Gasteiger partial charge in [0.2, 0.25) is 5.89 Å². The molecule has 0 atom stereocenters. The van der Waals surface area contributed by atoms with Gasteiger partial charge in [0.05, 0.1) is 6.54 Å². The van der Waals surface area contributed by atoms with E-state index < -0.39 is 0 Å². The highest BCUT2D eigenvalue weighted by Crippen LogP contribution is 2.30. The maximum atomic E-state index is 5.40. The van der Waals surface area contributed by atoms with Crippen LogP contribution >= 0.6 is 0 Å². The van der Waals surface area contributed by atoms with Gasteiger partial charge in [0.1, 0.15) is 0 Å². The van der Waals surface area contributed by atoms with E-state index in [-0.39, 0.29) is 0 Å². The summed E-state index contributed by atoms with van der Waals surface area (Å²) >= 11 is 0. The first kappa shape index (κ1) is 9.45. The summed E-state index contributed by atoms with van der Waals surface area (Å²) in [5.74, 6) is 1.33. The van der Waals surface area contributed by atoms with E-state index in [4.69, 9.17) is 10.2 Å². The summed E-state index contributed by atoms with van der Waals surface area (Å²) in [4.78, 5) is 2.11. The van der Waals surface area contributed by atoms with Crippen LogP contribution in [0.4, 0.5) is 6.01 Å². The molecule has 0 spiro atoms. The van der Waals surface area contributed by atoms with E-state index in [0.29, 0.717) is 18.5 Å². The Bertz CT molecular complexity index is 295. The Labute approximate surface area is 83.3 Å². The van der Waals surface area contributed by atoms with Crippen molar-refractivity contribution in [2.75, 3.05) is 18.0 Å². The molecule has 0 saturated heterocycles. The Morgan fingerprint density at radius 3 is 2.79 bits per heavy atom. The van der Waals surface area contributed by atoms with Gasteiger partial charge in [0.25, 0.3) is 0 Å². The summed E-state index contributed by atoms with van der Waals surface area (Å²) in [5.41, 5.74) is 5.40. The third-order valence-electron chi connectivity index (χ3n) is 2.46. The van der Waals surface area contributed by atoms with Crippen molar-refractivity contribution in [1.29, 1.82) is 0 Å². The lowest BCUT2D eigenvalue weighted by Crippen LogP contribution is -2.25. The molecule has 1 saturated carbocycles. The zero-order chi connectivity index (χ0) is 9.97. The molecule has 1 fully saturated rings. The maximum absolute atomic E-state index is 5.40. The predicted molar refractivity (Wildman–Crippen MR) is 52.8 cm³/mol. The summed E-state index contributed by atoms with van der Waals surface area (Å²) in [7, 11) is 0. The van der Waals surface area contributed by atoms with Gasteiger partial charge in [0.15, 0.2) is 0 Å². The Morgan fingerprint density at radius 1 is 1.50 bits per heavy atom. The van der Waals surface area contributed by atoms with E-state index in [2.05, 4.69) is 22.0 Å². The number of hydrogen-bond acceptors (Lipinski definition) is 5. The molecule has 0 unspecified atom stereocenters. The molecule has 0 amide bonds. The van der Waals surface area contributed by atoms with Gasteiger partial charge in [-0.2, -0.15) is 0 Å². The summed E-state index contributed by atoms with van der Waals surface area (Å²) in [6, 6.07) is 0.611. The number of rotatable bonds is 5. The molecule has 0 aromatic carbocycles. The van der Waals surface area contributed by atoms with Crippen LogP contribution in [-0.4, -0.2) is 23.3 Å². The molecule has 1 aromatic heterocycles. The van der Waals surface area contributed by atoms with Crippen molar-refractivity contribution in [3.63, 3.8) is 0 Å². The van der Waals surface area contributed by atoms with Gasteiger partial charge in [-0.05, 0) is 25.7 Å². The molecule has 0 bridgehead atoms.